The highest BCUT2D eigenvalue weighted by molar-refractivity contribution is 6.02. The smallest absolute Gasteiger partial charge is 0.170 e. The number of Topliss-reactive ketones (excluding diaryl/α,β-unsaturated/α-hetero) is 1. The minimum absolute atomic E-state index is 0.217. The van der Waals surface area contributed by atoms with Crippen LogP contribution >= 0.6 is 0 Å². The first-order valence-electron chi connectivity index (χ1n) is 6.06. The number of hydrogen-bond acceptors (Lipinski definition) is 2. The van der Waals surface area contributed by atoms with Crippen LogP contribution < -0.4 is 5.73 Å². The van der Waals surface area contributed by atoms with Crippen LogP contribution in [0.3, 0.4) is 0 Å². The Balaban J connectivity index is 2.20. The highest BCUT2D eigenvalue weighted by atomic mass is 16.1. The van der Waals surface area contributed by atoms with Gasteiger partial charge in [-0.3, -0.25) is 4.79 Å². The lowest BCUT2D eigenvalue weighted by Crippen LogP contribution is -2.25. The Morgan fingerprint density at radius 2 is 2.19 bits per heavy atom. The standard InChI is InChI=1S/C14H19NO/c1-2-4-11-5-3-6-12(9-11)13(16)14(10-15)7-8-14/h3,5-6,9H,2,4,7-8,10,15H2,1H3. The van der Waals surface area contributed by atoms with Gasteiger partial charge in [-0.25, -0.2) is 0 Å². The molecule has 2 heteroatoms. The average Bonchev–Trinajstić information content (AvgIpc) is 3.10. The summed E-state index contributed by atoms with van der Waals surface area (Å²) in [6.07, 6.45) is 4.07. The van der Waals surface area contributed by atoms with Crippen LogP contribution in [0.2, 0.25) is 0 Å². The molecule has 0 spiro atoms. The summed E-state index contributed by atoms with van der Waals surface area (Å²) in [4.78, 5) is 12.2. The summed E-state index contributed by atoms with van der Waals surface area (Å²) >= 11 is 0. The molecular weight excluding hydrogens is 198 g/mol. The average molecular weight is 217 g/mol. The number of carbonyl (C=O) groups is 1. The van der Waals surface area contributed by atoms with Gasteiger partial charge in [0.25, 0.3) is 0 Å². The first kappa shape index (κ1) is 11.3. The van der Waals surface area contributed by atoms with E-state index in [-0.39, 0.29) is 11.2 Å². The summed E-state index contributed by atoms with van der Waals surface area (Å²) in [7, 11) is 0. The normalized spacial score (nSPS) is 17.1. The molecule has 2 N–H and O–H groups in total. The first-order chi connectivity index (χ1) is 7.72. The van der Waals surface area contributed by atoms with E-state index in [1.807, 2.05) is 18.2 Å². The lowest BCUT2D eigenvalue weighted by molar-refractivity contribution is 0.0905. The summed E-state index contributed by atoms with van der Waals surface area (Å²) in [6, 6.07) is 8.01. The Kier molecular flexibility index (Phi) is 3.10. The molecule has 0 radical (unpaired) electrons. The van der Waals surface area contributed by atoms with Crippen LogP contribution in [0, 0.1) is 5.41 Å². The number of nitrogens with two attached hydrogens (primary N) is 1. The van der Waals surface area contributed by atoms with E-state index in [0.717, 1.165) is 31.2 Å². The maximum atomic E-state index is 12.2. The van der Waals surface area contributed by atoms with Gasteiger partial charge in [0.2, 0.25) is 0 Å². The number of carbonyl (C=O) groups excluding carboxylic acids is 1. The second-order valence-corrected chi connectivity index (χ2v) is 4.76. The molecule has 0 amide bonds. The third kappa shape index (κ3) is 2.03. The number of aryl methyl sites for hydroxylation is 1. The van der Waals surface area contributed by atoms with Crippen LogP contribution in [0.5, 0.6) is 0 Å². The molecule has 16 heavy (non-hydrogen) atoms. The zero-order valence-corrected chi connectivity index (χ0v) is 9.83. The Bertz CT molecular complexity index is 393. The maximum Gasteiger partial charge on any atom is 0.170 e. The van der Waals surface area contributed by atoms with Gasteiger partial charge in [-0.05, 0) is 30.9 Å². The molecule has 0 heterocycles. The van der Waals surface area contributed by atoms with Crippen LogP contribution in [0.4, 0.5) is 0 Å². The van der Waals surface area contributed by atoms with Gasteiger partial charge < -0.3 is 5.73 Å². The van der Waals surface area contributed by atoms with Crippen molar-refractivity contribution >= 4 is 5.78 Å². The molecule has 0 unspecified atom stereocenters. The Morgan fingerprint density at radius 3 is 2.75 bits per heavy atom. The third-order valence-corrected chi connectivity index (χ3v) is 3.45. The molecule has 1 aliphatic rings. The van der Waals surface area contributed by atoms with Crippen molar-refractivity contribution < 1.29 is 4.79 Å². The zero-order chi connectivity index (χ0) is 11.6. The minimum atomic E-state index is -0.217. The first-order valence-corrected chi connectivity index (χ1v) is 6.06. The second kappa shape index (κ2) is 4.38. The van der Waals surface area contributed by atoms with Gasteiger partial charge in [-0.2, -0.15) is 0 Å². The van der Waals surface area contributed by atoms with E-state index in [0.29, 0.717) is 6.54 Å². The van der Waals surface area contributed by atoms with Gasteiger partial charge >= 0.3 is 0 Å². The second-order valence-electron chi connectivity index (χ2n) is 4.76. The fourth-order valence-corrected chi connectivity index (χ4v) is 2.14. The molecule has 1 aromatic carbocycles. The fraction of sp³-hybridized carbons (Fsp3) is 0.500. The van der Waals surface area contributed by atoms with Gasteiger partial charge in [0, 0.05) is 17.5 Å². The van der Waals surface area contributed by atoms with Gasteiger partial charge in [-0.1, -0.05) is 31.5 Å². The Morgan fingerprint density at radius 1 is 1.44 bits per heavy atom. The Labute approximate surface area is 96.8 Å². The van der Waals surface area contributed by atoms with Gasteiger partial charge in [0.05, 0.1) is 0 Å². The molecule has 2 rings (SSSR count). The fourth-order valence-electron chi connectivity index (χ4n) is 2.14. The van der Waals surface area contributed by atoms with Crippen molar-refractivity contribution in [3.05, 3.63) is 35.4 Å². The van der Waals surface area contributed by atoms with Crippen molar-refractivity contribution in [1.82, 2.24) is 0 Å². The van der Waals surface area contributed by atoms with E-state index in [4.69, 9.17) is 5.73 Å². The maximum absolute atomic E-state index is 12.2. The third-order valence-electron chi connectivity index (χ3n) is 3.45. The summed E-state index contributed by atoms with van der Waals surface area (Å²) in [5.41, 5.74) is 7.56. The summed E-state index contributed by atoms with van der Waals surface area (Å²) in [6.45, 7) is 2.64. The highest BCUT2D eigenvalue weighted by Gasteiger charge is 2.48. The molecule has 1 fully saturated rings. The predicted molar refractivity (Wildman–Crippen MR) is 65.5 cm³/mol. The molecule has 0 aliphatic heterocycles. The Hall–Kier alpha value is -1.15. The lowest BCUT2D eigenvalue weighted by atomic mass is 9.93. The minimum Gasteiger partial charge on any atom is -0.329 e. The molecule has 1 aromatic rings. The van der Waals surface area contributed by atoms with E-state index in [9.17, 15) is 4.79 Å². The number of hydrogen-bond donors (Lipinski definition) is 1. The molecule has 0 atom stereocenters. The van der Waals surface area contributed by atoms with E-state index in [1.54, 1.807) is 0 Å². The van der Waals surface area contributed by atoms with Crippen LogP contribution in [-0.4, -0.2) is 12.3 Å². The molecule has 0 bridgehead atoms. The highest BCUT2D eigenvalue weighted by Crippen LogP contribution is 2.47. The molecule has 1 aliphatic carbocycles. The lowest BCUT2D eigenvalue weighted by Gasteiger charge is -2.11. The van der Waals surface area contributed by atoms with E-state index >= 15 is 0 Å². The van der Waals surface area contributed by atoms with Gasteiger partial charge in [0.1, 0.15) is 0 Å². The van der Waals surface area contributed by atoms with Gasteiger partial charge in [-0.15, -0.1) is 0 Å². The van der Waals surface area contributed by atoms with Crippen molar-refractivity contribution in [2.24, 2.45) is 11.1 Å². The van der Waals surface area contributed by atoms with Crippen LogP contribution in [0.15, 0.2) is 24.3 Å². The van der Waals surface area contributed by atoms with Crippen molar-refractivity contribution in [1.29, 1.82) is 0 Å². The zero-order valence-electron chi connectivity index (χ0n) is 9.83. The molecule has 0 aromatic heterocycles. The van der Waals surface area contributed by atoms with E-state index in [1.165, 1.54) is 5.56 Å². The molecule has 0 saturated heterocycles. The number of benzene rings is 1. The number of rotatable bonds is 5. The van der Waals surface area contributed by atoms with Crippen molar-refractivity contribution in [3.8, 4) is 0 Å². The molecular formula is C14H19NO. The van der Waals surface area contributed by atoms with Crippen LogP contribution in [-0.2, 0) is 6.42 Å². The van der Waals surface area contributed by atoms with E-state index in [2.05, 4.69) is 13.0 Å². The summed E-state index contributed by atoms with van der Waals surface area (Å²) in [5.74, 6) is 0.243. The number of ketones is 1. The summed E-state index contributed by atoms with van der Waals surface area (Å²) < 4.78 is 0. The summed E-state index contributed by atoms with van der Waals surface area (Å²) in [5, 5.41) is 0. The quantitative estimate of drug-likeness (QED) is 0.770. The van der Waals surface area contributed by atoms with E-state index < -0.39 is 0 Å². The van der Waals surface area contributed by atoms with Crippen LogP contribution in [0.25, 0.3) is 0 Å². The largest absolute Gasteiger partial charge is 0.329 e. The topological polar surface area (TPSA) is 43.1 Å². The molecule has 1 saturated carbocycles. The SMILES string of the molecule is CCCc1cccc(C(=O)C2(CN)CC2)c1. The predicted octanol–water partition coefficient (Wildman–Crippen LogP) is 2.56. The van der Waals surface area contributed by atoms with Crippen molar-refractivity contribution in [2.75, 3.05) is 6.54 Å². The van der Waals surface area contributed by atoms with Crippen molar-refractivity contribution in [2.45, 2.75) is 32.6 Å². The molecule has 86 valence electrons. The monoisotopic (exact) mass is 217 g/mol. The van der Waals surface area contributed by atoms with Crippen LogP contribution in [0.1, 0.15) is 42.1 Å². The van der Waals surface area contributed by atoms with Crippen molar-refractivity contribution in [3.63, 3.8) is 0 Å². The van der Waals surface area contributed by atoms with Gasteiger partial charge in [0.15, 0.2) is 5.78 Å². The molecule has 2 nitrogen and oxygen atoms in total.